The molecule has 110 valence electrons. The fourth-order valence-corrected chi connectivity index (χ4v) is 3.86. The molecule has 0 aromatic heterocycles. The van der Waals surface area contributed by atoms with Gasteiger partial charge in [0.05, 0.1) is 0 Å². The monoisotopic (exact) mass is 295 g/mol. The lowest BCUT2D eigenvalue weighted by Gasteiger charge is -2.25. The van der Waals surface area contributed by atoms with Crippen molar-refractivity contribution >= 4 is 11.6 Å². The maximum Gasteiger partial charge on any atom is 0.166 e. The SMILES string of the molecule is CCCNC1CC(C)(C)c2c(Cl)cc3c(c21)OCCO3. The average Bonchev–Trinajstić information content (AvgIpc) is 2.69. The zero-order valence-corrected chi connectivity index (χ0v) is 13.1. The quantitative estimate of drug-likeness (QED) is 0.919. The van der Waals surface area contributed by atoms with Gasteiger partial charge in [-0.1, -0.05) is 32.4 Å². The molecule has 1 aliphatic heterocycles. The van der Waals surface area contributed by atoms with Crippen LogP contribution in [0.15, 0.2) is 6.07 Å². The first-order valence-electron chi connectivity index (χ1n) is 7.40. The van der Waals surface area contributed by atoms with E-state index in [0.29, 0.717) is 19.3 Å². The van der Waals surface area contributed by atoms with Crippen molar-refractivity contribution in [2.24, 2.45) is 0 Å². The standard InChI is InChI=1S/C16H22ClNO2/c1-4-5-18-11-9-16(2,3)14-10(17)8-12-15(13(11)14)20-7-6-19-12/h8,11,18H,4-7,9H2,1-3H3. The number of ether oxygens (including phenoxy) is 2. The summed E-state index contributed by atoms with van der Waals surface area (Å²) >= 11 is 6.53. The second-order valence-electron chi connectivity index (χ2n) is 6.27. The largest absolute Gasteiger partial charge is 0.486 e. The molecular weight excluding hydrogens is 274 g/mol. The van der Waals surface area contributed by atoms with Crippen LogP contribution in [0.5, 0.6) is 11.5 Å². The molecule has 1 atom stereocenters. The van der Waals surface area contributed by atoms with E-state index in [1.54, 1.807) is 0 Å². The van der Waals surface area contributed by atoms with E-state index in [9.17, 15) is 0 Å². The highest BCUT2D eigenvalue weighted by atomic mass is 35.5. The topological polar surface area (TPSA) is 30.5 Å². The minimum atomic E-state index is 0.0632. The van der Waals surface area contributed by atoms with Crippen molar-refractivity contribution < 1.29 is 9.47 Å². The van der Waals surface area contributed by atoms with Gasteiger partial charge in [-0.15, -0.1) is 0 Å². The molecule has 1 N–H and O–H groups in total. The lowest BCUT2D eigenvalue weighted by Crippen LogP contribution is -2.23. The van der Waals surface area contributed by atoms with Crippen LogP contribution in [0.4, 0.5) is 0 Å². The summed E-state index contributed by atoms with van der Waals surface area (Å²) in [6.07, 6.45) is 2.16. The maximum absolute atomic E-state index is 6.53. The maximum atomic E-state index is 6.53. The second-order valence-corrected chi connectivity index (χ2v) is 6.67. The number of halogens is 1. The zero-order chi connectivity index (χ0) is 14.3. The fourth-order valence-electron chi connectivity index (χ4n) is 3.41. The summed E-state index contributed by atoms with van der Waals surface area (Å²) in [5.74, 6) is 1.69. The average molecular weight is 296 g/mol. The van der Waals surface area contributed by atoms with Crippen molar-refractivity contribution in [2.75, 3.05) is 19.8 Å². The highest BCUT2D eigenvalue weighted by Crippen LogP contribution is 2.54. The van der Waals surface area contributed by atoms with E-state index < -0.39 is 0 Å². The van der Waals surface area contributed by atoms with Crippen molar-refractivity contribution in [1.29, 1.82) is 0 Å². The molecule has 0 saturated heterocycles. The predicted octanol–water partition coefficient (Wildman–Crippen LogP) is 3.83. The van der Waals surface area contributed by atoms with Crippen LogP contribution in [0, 0.1) is 0 Å². The molecule has 0 spiro atoms. The van der Waals surface area contributed by atoms with E-state index in [0.717, 1.165) is 35.9 Å². The molecule has 3 nitrogen and oxygen atoms in total. The first-order chi connectivity index (χ1) is 9.54. The van der Waals surface area contributed by atoms with Gasteiger partial charge in [-0.05, 0) is 30.4 Å². The van der Waals surface area contributed by atoms with Crippen LogP contribution in [-0.4, -0.2) is 19.8 Å². The summed E-state index contributed by atoms with van der Waals surface area (Å²) in [4.78, 5) is 0. The molecule has 1 aliphatic carbocycles. The van der Waals surface area contributed by atoms with Crippen molar-refractivity contribution in [3.63, 3.8) is 0 Å². The van der Waals surface area contributed by atoms with Crippen LogP contribution in [0.1, 0.15) is 50.8 Å². The third kappa shape index (κ3) is 2.17. The summed E-state index contributed by atoms with van der Waals surface area (Å²) in [6.45, 7) is 8.90. The van der Waals surface area contributed by atoms with E-state index >= 15 is 0 Å². The van der Waals surface area contributed by atoms with Gasteiger partial charge < -0.3 is 14.8 Å². The van der Waals surface area contributed by atoms with E-state index in [2.05, 4.69) is 26.1 Å². The number of fused-ring (bicyclic) bond motifs is 3. The Kier molecular flexibility index (Phi) is 3.59. The van der Waals surface area contributed by atoms with Gasteiger partial charge in [-0.25, -0.2) is 0 Å². The Labute approximate surface area is 125 Å². The van der Waals surface area contributed by atoms with Crippen molar-refractivity contribution in [3.8, 4) is 11.5 Å². The molecule has 0 fully saturated rings. The van der Waals surface area contributed by atoms with E-state index in [1.807, 2.05) is 6.07 Å². The first-order valence-corrected chi connectivity index (χ1v) is 7.78. The minimum absolute atomic E-state index is 0.0632. The number of hydrogen-bond donors (Lipinski definition) is 1. The molecular formula is C16H22ClNO2. The Morgan fingerprint density at radius 3 is 2.85 bits per heavy atom. The summed E-state index contributed by atoms with van der Waals surface area (Å²) in [7, 11) is 0. The Balaban J connectivity index is 2.12. The van der Waals surface area contributed by atoms with Crippen molar-refractivity contribution in [2.45, 2.75) is 45.1 Å². The van der Waals surface area contributed by atoms with E-state index in [1.165, 1.54) is 11.1 Å². The number of hydrogen-bond acceptors (Lipinski definition) is 3. The number of nitrogens with one attached hydrogen (secondary N) is 1. The van der Waals surface area contributed by atoms with Gasteiger partial charge in [-0.2, -0.15) is 0 Å². The van der Waals surface area contributed by atoms with E-state index in [-0.39, 0.29) is 5.41 Å². The molecule has 4 heteroatoms. The summed E-state index contributed by atoms with van der Waals surface area (Å²) in [6, 6.07) is 2.22. The van der Waals surface area contributed by atoms with Gasteiger partial charge in [0.1, 0.15) is 13.2 Å². The fraction of sp³-hybridized carbons (Fsp3) is 0.625. The van der Waals surface area contributed by atoms with Crippen LogP contribution in [0.2, 0.25) is 5.02 Å². The lowest BCUT2D eigenvalue weighted by molar-refractivity contribution is 0.169. The van der Waals surface area contributed by atoms with Crippen LogP contribution < -0.4 is 14.8 Å². The number of rotatable bonds is 3. The van der Waals surface area contributed by atoms with Gasteiger partial charge >= 0.3 is 0 Å². The molecule has 2 aliphatic rings. The lowest BCUT2D eigenvalue weighted by atomic mass is 9.86. The van der Waals surface area contributed by atoms with Crippen LogP contribution in [0.3, 0.4) is 0 Å². The van der Waals surface area contributed by atoms with Gasteiger partial charge in [0, 0.05) is 22.7 Å². The minimum Gasteiger partial charge on any atom is -0.486 e. The van der Waals surface area contributed by atoms with Crippen LogP contribution in [-0.2, 0) is 5.41 Å². The third-order valence-electron chi connectivity index (χ3n) is 4.20. The van der Waals surface area contributed by atoms with Gasteiger partial charge in [0.25, 0.3) is 0 Å². The molecule has 0 radical (unpaired) electrons. The Hall–Kier alpha value is -0.930. The third-order valence-corrected chi connectivity index (χ3v) is 4.50. The highest BCUT2D eigenvalue weighted by molar-refractivity contribution is 6.32. The Bertz CT molecular complexity index is 528. The van der Waals surface area contributed by atoms with Crippen molar-refractivity contribution in [1.82, 2.24) is 5.32 Å². The molecule has 1 heterocycles. The summed E-state index contributed by atoms with van der Waals surface area (Å²) in [5, 5.41) is 4.43. The van der Waals surface area contributed by atoms with Crippen LogP contribution in [0.25, 0.3) is 0 Å². The molecule has 0 saturated carbocycles. The van der Waals surface area contributed by atoms with Gasteiger partial charge in [0.2, 0.25) is 0 Å². The predicted molar refractivity (Wildman–Crippen MR) is 81.1 cm³/mol. The molecule has 0 amide bonds. The summed E-state index contributed by atoms with van der Waals surface area (Å²) < 4.78 is 11.6. The van der Waals surface area contributed by atoms with Crippen molar-refractivity contribution in [3.05, 3.63) is 22.2 Å². The molecule has 1 unspecified atom stereocenters. The summed E-state index contributed by atoms with van der Waals surface area (Å²) in [5.41, 5.74) is 2.50. The molecule has 1 aromatic carbocycles. The highest BCUT2D eigenvalue weighted by Gasteiger charge is 2.42. The van der Waals surface area contributed by atoms with Gasteiger partial charge in [0.15, 0.2) is 11.5 Å². The molecule has 1 aromatic rings. The van der Waals surface area contributed by atoms with Gasteiger partial charge in [-0.3, -0.25) is 0 Å². The first kappa shape index (κ1) is 14.0. The Morgan fingerprint density at radius 2 is 2.10 bits per heavy atom. The van der Waals surface area contributed by atoms with Crippen LogP contribution >= 0.6 is 11.6 Å². The Morgan fingerprint density at radius 1 is 1.35 bits per heavy atom. The molecule has 0 bridgehead atoms. The van der Waals surface area contributed by atoms with E-state index in [4.69, 9.17) is 21.1 Å². The normalized spacial score (nSPS) is 22.7. The number of benzene rings is 1. The molecule has 20 heavy (non-hydrogen) atoms. The smallest absolute Gasteiger partial charge is 0.166 e. The second kappa shape index (κ2) is 5.12. The zero-order valence-electron chi connectivity index (χ0n) is 12.4. The molecule has 3 rings (SSSR count).